The van der Waals surface area contributed by atoms with Crippen molar-refractivity contribution in [3.05, 3.63) is 82.1 Å². The van der Waals surface area contributed by atoms with Crippen molar-refractivity contribution >= 4 is 39.0 Å². The van der Waals surface area contributed by atoms with E-state index in [-0.39, 0.29) is 45.2 Å². The van der Waals surface area contributed by atoms with Gasteiger partial charge >= 0.3 is 12.6 Å². The summed E-state index contributed by atoms with van der Waals surface area (Å²) in [4.78, 5) is 19.7. The maximum Gasteiger partial charge on any atom is 0.387 e. The molecule has 1 saturated carbocycles. The van der Waals surface area contributed by atoms with E-state index in [2.05, 4.69) is 9.72 Å². The fourth-order valence-corrected chi connectivity index (χ4v) is 6.93. The van der Waals surface area contributed by atoms with Crippen molar-refractivity contribution in [1.29, 1.82) is 0 Å². The van der Waals surface area contributed by atoms with E-state index < -0.39 is 34.6 Å². The Morgan fingerprint density at radius 3 is 2.43 bits per heavy atom. The van der Waals surface area contributed by atoms with Crippen molar-refractivity contribution in [2.24, 2.45) is 5.92 Å². The fraction of sp³-hybridized carbons (Fsp3) is 0.419. The minimum atomic E-state index is -3.55. The second kappa shape index (κ2) is 14.4. The van der Waals surface area contributed by atoms with Crippen molar-refractivity contribution in [3.63, 3.8) is 0 Å². The van der Waals surface area contributed by atoms with Gasteiger partial charge in [-0.15, -0.1) is 0 Å². The van der Waals surface area contributed by atoms with Crippen LogP contribution in [0.1, 0.15) is 42.9 Å². The van der Waals surface area contributed by atoms with Gasteiger partial charge in [0.1, 0.15) is 12.1 Å². The van der Waals surface area contributed by atoms with E-state index in [0.29, 0.717) is 43.0 Å². The highest BCUT2D eigenvalue weighted by atomic mass is 35.5. The van der Waals surface area contributed by atoms with E-state index in [1.165, 1.54) is 30.6 Å². The Morgan fingerprint density at radius 2 is 1.75 bits per heavy atom. The first-order valence-corrected chi connectivity index (χ1v) is 16.7. The molecule has 0 N–H and O–H groups in total. The minimum Gasteiger partial charge on any atom is -0.489 e. The molecule has 5 rings (SSSR count). The molecular weight excluding hydrogens is 637 g/mol. The zero-order valence-corrected chi connectivity index (χ0v) is 26.0. The van der Waals surface area contributed by atoms with Crippen LogP contribution < -0.4 is 9.47 Å². The third kappa shape index (κ3) is 8.38. The molecule has 0 bridgehead atoms. The van der Waals surface area contributed by atoms with E-state index in [4.69, 9.17) is 32.7 Å². The molecule has 3 aromatic rings. The van der Waals surface area contributed by atoms with Gasteiger partial charge in [0, 0.05) is 25.4 Å². The summed E-state index contributed by atoms with van der Waals surface area (Å²) in [6.07, 6.45) is 5.16. The fourth-order valence-electron chi connectivity index (χ4n) is 5.13. The maximum absolute atomic E-state index is 13.7. The number of nitrogens with zero attached hydrogens (tertiary/aromatic N) is 2. The lowest BCUT2D eigenvalue weighted by Crippen LogP contribution is -2.40. The van der Waals surface area contributed by atoms with Gasteiger partial charge in [-0.2, -0.15) is 8.78 Å². The van der Waals surface area contributed by atoms with E-state index >= 15 is 0 Å². The molecule has 1 aliphatic carbocycles. The number of pyridine rings is 1. The third-order valence-corrected chi connectivity index (χ3v) is 10.1. The molecular formula is C31H32Cl2F2N2O6S. The summed E-state index contributed by atoms with van der Waals surface area (Å²) in [6, 6.07) is 11.9. The number of alkyl halides is 2. The molecule has 0 amide bonds. The van der Waals surface area contributed by atoms with Crippen LogP contribution in [0.2, 0.25) is 10.0 Å². The van der Waals surface area contributed by atoms with Gasteiger partial charge in [-0.25, -0.2) is 8.42 Å². The standard InChI is InChI=1S/C31H32Cl2F2N2O6S/c32-24-17-36-18-25(33)23(24)16-28(21-10-11-27(43-31(34)35)29(15-21)41-19-20-8-9-20)42-30(38)26-7-4-12-37(26)13-14-44(39,40)22-5-2-1-3-6-22/h1-3,5-6,10-11,15,17-18,20,26,28,31H,4,7-9,12-14,16,19H2. The van der Waals surface area contributed by atoms with Crippen LogP contribution in [0.4, 0.5) is 8.78 Å². The van der Waals surface area contributed by atoms with Gasteiger partial charge in [-0.05, 0) is 73.5 Å². The summed E-state index contributed by atoms with van der Waals surface area (Å²) < 4.78 is 68.6. The third-order valence-electron chi connectivity index (χ3n) is 7.71. The highest BCUT2D eigenvalue weighted by molar-refractivity contribution is 7.91. The predicted octanol–water partition coefficient (Wildman–Crippen LogP) is 6.54. The van der Waals surface area contributed by atoms with Crippen LogP contribution in [0.25, 0.3) is 0 Å². The number of carbonyl (C=O) groups is 1. The zero-order chi connectivity index (χ0) is 31.3. The van der Waals surface area contributed by atoms with Crippen LogP contribution in [-0.2, 0) is 25.8 Å². The highest BCUT2D eigenvalue weighted by Crippen LogP contribution is 2.38. The molecule has 13 heteroatoms. The van der Waals surface area contributed by atoms with Crippen LogP contribution in [0.5, 0.6) is 11.5 Å². The zero-order valence-electron chi connectivity index (χ0n) is 23.7. The Labute approximate surface area is 265 Å². The van der Waals surface area contributed by atoms with Crippen molar-refractivity contribution in [3.8, 4) is 11.5 Å². The average molecular weight is 670 g/mol. The molecule has 236 valence electrons. The van der Waals surface area contributed by atoms with E-state index in [1.807, 2.05) is 4.90 Å². The number of hydrogen-bond acceptors (Lipinski definition) is 8. The molecule has 1 aliphatic heterocycles. The summed E-state index contributed by atoms with van der Waals surface area (Å²) in [5, 5.41) is 0.546. The first-order chi connectivity index (χ1) is 21.1. The van der Waals surface area contributed by atoms with E-state index in [0.717, 1.165) is 12.8 Å². The highest BCUT2D eigenvalue weighted by Gasteiger charge is 2.35. The van der Waals surface area contributed by atoms with Gasteiger partial charge in [0.05, 0.1) is 27.3 Å². The number of ether oxygens (including phenoxy) is 3. The second-order valence-corrected chi connectivity index (χ2v) is 13.8. The summed E-state index contributed by atoms with van der Waals surface area (Å²) in [5.74, 6) is -0.369. The lowest BCUT2D eigenvalue weighted by atomic mass is 10.0. The SMILES string of the molecule is O=C(OC(Cc1c(Cl)cncc1Cl)c1ccc(OC(F)F)c(OCC2CC2)c1)C1CCCN1CCS(=O)(=O)c1ccccc1. The molecule has 2 aromatic carbocycles. The molecule has 1 saturated heterocycles. The van der Waals surface area contributed by atoms with Gasteiger partial charge < -0.3 is 14.2 Å². The number of sulfone groups is 1. The number of esters is 1. The Bertz CT molecular complexity index is 1540. The quantitative estimate of drug-likeness (QED) is 0.179. The van der Waals surface area contributed by atoms with Crippen molar-refractivity contribution < 1.29 is 36.2 Å². The number of rotatable bonds is 14. The van der Waals surface area contributed by atoms with E-state index in [1.54, 1.807) is 30.3 Å². The molecule has 2 unspecified atom stereocenters. The number of aromatic nitrogens is 1. The van der Waals surface area contributed by atoms with Crippen molar-refractivity contribution in [1.82, 2.24) is 9.88 Å². The van der Waals surface area contributed by atoms with E-state index in [9.17, 15) is 22.0 Å². The summed E-state index contributed by atoms with van der Waals surface area (Å²) >= 11 is 12.8. The lowest BCUT2D eigenvalue weighted by Gasteiger charge is -2.26. The average Bonchev–Trinajstić information content (AvgIpc) is 3.71. The Morgan fingerprint density at radius 1 is 1.02 bits per heavy atom. The molecule has 2 atom stereocenters. The number of benzene rings is 2. The Hall–Kier alpha value is -2.99. The Kier molecular flexibility index (Phi) is 10.6. The predicted molar refractivity (Wildman–Crippen MR) is 161 cm³/mol. The maximum atomic E-state index is 13.7. The van der Waals surface area contributed by atoms with Gasteiger partial charge in [0.15, 0.2) is 21.3 Å². The molecule has 44 heavy (non-hydrogen) atoms. The van der Waals surface area contributed by atoms with Crippen LogP contribution in [0.3, 0.4) is 0 Å². The van der Waals surface area contributed by atoms with Gasteiger partial charge in [0.25, 0.3) is 0 Å². The smallest absolute Gasteiger partial charge is 0.387 e. The van der Waals surface area contributed by atoms with Crippen molar-refractivity contribution in [2.45, 2.75) is 55.8 Å². The van der Waals surface area contributed by atoms with Crippen LogP contribution in [-0.4, -0.2) is 62.4 Å². The normalized spacial score (nSPS) is 17.9. The van der Waals surface area contributed by atoms with Gasteiger partial charge in [0.2, 0.25) is 0 Å². The molecule has 2 fully saturated rings. The second-order valence-electron chi connectivity index (χ2n) is 10.9. The van der Waals surface area contributed by atoms with Crippen molar-refractivity contribution in [2.75, 3.05) is 25.4 Å². The van der Waals surface area contributed by atoms with Crippen LogP contribution in [0, 0.1) is 5.92 Å². The topological polar surface area (TPSA) is 95.0 Å². The molecule has 0 radical (unpaired) electrons. The number of hydrogen-bond donors (Lipinski definition) is 0. The number of carbonyl (C=O) groups excluding carboxylic acids is 1. The summed E-state index contributed by atoms with van der Waals surface area (Å²) in [5.41, 5.74) is 0.956. The molecule has 8 nitrogen and oxygen atoms in total. The number of halogens is 4. The molecule has 1 aromatic heterocycles. The van der Waals surface area contributed by atoms with Crippen LogP contribution >= 0.6 is 23.2 Å². The van der Waals surface area contributed by atoms with Gasteiger partial charge in [-0.1, -0.05) is 47.5 Å². The Balaban J connectivity index is 1.37. The number of likely N-dealkylation sites (tertiary alicyclic amines) is 1. The minimum absolute atomic E-state index is 0.0676. The molecule has 2 heterocycles. The molecule has 0 spiro atoms. The monoisotopic (exact) mass is 668 g/mol. The first kappa shape index (κ1) is 32.4. The lowest BCUT2D eigenvalue weighted by molar-refractivity contribution is -0.154. The summed E-state index contributed by atoms with van der Waals surface area (Å²) in [6.45, 7) is -2.01. The molecule has 2 aliphatic rings. The van der Waals surface area contributed by atoms with Crippen LogP contribution in [0.15, 0.2) is 65.8 Å². The summed E-state index contributed by atoms with van der Waals surface area (Å²) in [7, 11) is -3.55. The largest absolute Gasteiger partial charge is 0.489 e. The van der Waals surface area contributed by atoms with Gasteiger partial charge in [-0.3, -0.25) is 14.7 Å². The first-order valence-electron chi connectivity index (χ1n) is 14.3.